The summed E-state index contributed by atoms with van der Waals surface area (Å²) in [6.45, 7) is 8.00. The number of guanidine groups is 1. The maximum absolute atomic E-state index is 11.5. The molecule has 2 rings (SSSR count). The van der Waals surface area contributed by atoms with Crippen molar-refractivity contribution in [1.29, 1.82) is 0 Å². The van der Waals surface area contributed by atoms with Crippen LogP contribution in [0.25, 0.3) is 0 Å². The maximum Gasteiger partial charge on any atom is 0.193 e. The smallest absolute Gasteiger partial charge is 0.193 e. The summed E-state index contributed by atoms with van der Waals surface area (Å²) in [6, 6.07) is 0. The molecule has 1 N–H and O–H groups in total. The molecular weight excluding hydrogens is 401 g/mol. The van der Waals surface area contributed by atoms with Crippen LogP contribution in [0, 0.1) is 11.8 Å². The van der Waals surface area contributed by atoms with E-state index in [9.17, 15) is 8.42 Å². The molecule has 2 saturated heterocycles. The minimum absolute atomic E-state index is 0. The molecule has 5 nitrogen and oxygen atoms in total. The van der Waals surface area contributed by atoms with Crippen LogP contribution in [0.15, 0.2) is 4.99 Å². The van der Waals surface area contributed by atoms with Crippen molar-refractivity contribution < 1.29 is 8.42 Å². The molecule has 0 aliphatic carbocycles. The van der Waals surface area contributed by atoms with Crippen LogP contribution in [0.4, 0.5) is 0 Å². The molecule has 7 heteroatoms. The Kier molecular flexibility index (Phi) is 7.73. The molecule has 2 fully saturated rings. The number of hydrogen-bond donors (Lipinski definition) is 1. The molecule has 0 amide bonds. The lowest BCUT2D eigenvalue weighted by molar-refractivity contribution is 0.472. The van der Waals surface area contributed by atoms with E-state index >= 15 is 0 Å². The first-order valence-corrected chi connectivity index (χ1v) is 9.52. The van der Waals surface area contributed by atoms with Gasteiger partial charge in [0, 0.05) is 26.2 Å². The Bertz CT molecular complexity index is 445. The highest BCUT2D eigenvalue weighted by atomic mass is 127. The number of nitrogens with zero attached hydrogens (tertiary/aromatic N) is 2. The van der Waals surface area contributed by atoms with Gasteiger partial charge in [-0.3, -0.25) is 4.99 Å². The van der Waals surface area contributed by atoms with Crippen molar-refractivity contribution >= 4 is 39.8 Å². The van der Waals surface area contributed by atoms with Gasteiger partial charge in [-0.1, -0.05) is 13.8 Å². The van der Waals surface area contributed by atoms with E-state index in [0.717, 1.165) is 38.6 Å². The zero-order valence-corrected chi connectivity index (χ0v) is 16.2. The number of aliphatic imine (C=N–C) groups is 1. The maximum atomic E-state index is 11.5. The molecule has 2 heterocycles. The second kappa shape index (κ2) is 8.55. The third-order valence-electron chi connectivity index (χ3n) is 3.89. The van der Waals surface area contributed by atoms with Gasteiger partial charge < -0.3 is 10.2 Å². The highest BCUT2D eigenvalue weighted by molar-refractivity contribution is 14.0. The minimum atomic E-state index is -2.78. The monoisotopic (exact) mass is 429 g/mol. The summed E-state index contributed by atoms with van der Waals surface area (Å²) < 4.78 is 23.0. The molecule has 2 aliphatic heterocycles. The van der Waals surface area contributed by atoms with Crippen LogP contribution in [0.3, 0.4) is 0 Å². The van der Waals surface area contributed by atoms with E-state index in [1.807, 2.05) is 0 Å². The Hall–Kier alpha value is -0.0500. The fraction of sp³-hybridized carbons (Fsp3) is 0.929. The first-order chi connectivity index (χ1) is 9.46. The Morgan fingerprint density at radius 2 is 2.00 bits per heavy atom. The van der Waals surface area contributed by atoms with Gasteiger partial charge in [0.1, 0.15) is 0 Å². The predicted molar refractivity (Wildman–Crippen MR) is 98.1 cm³/mol. The quantitative estimate of drug-likeness (QED) is 0.420. The average Bonchev–Trinajstić information content (AvgIpc) is 2.98. The third kappa shape index (κ3) is 6.30. The van der Waals surface area contributed by atoms with Crippen molar-refractivity contribution in [3.05, 3.63) is 0 Å². The van der Waals surface area contributed by atoms with Crippen LogP contribution in [-0.2, 0) is 9.84 Å². The molecule has 21 heavy (non-hydrogen) atoms. The number of halogens is 1. The third-order valence-corrected chi connectivity index (χ3v) is 5.72. The van der Waals surface area contributed by atoms with E-state index in [2.05, 4.69) is 29.1 Å². The molecule has 0 spiro atoms. The van der Waals surface area contributed by atoms with E-state index in [-0.39, 0.29) is 29.9 Å². The Morgan fingerprint density at radius 3 is 2.52 bits per heavy atom. The van der Waals surface area contributed by atoms with Gasteiger partial charge in [-0.05, 0) is 31.1 Å². The van der Waals surface area contributed by atoms with Gasteiger partial charge in [0.25, 0.3) is 0 Å². The van der Waals surface area contributed by atoms with E-state index in [1.54, 1.807) is 0 Å². The highest BCUT2D eigenvalue weighted by Gasteiger charge is 2.28. The zero-order chi connectivity index (χ0) is 14.6. The van der Waals surface area contributed by atoms with E-state index in [0.29, 0.717) is 17.4 Å². The summed E-state index contributed by atoms with van der Waals surface area (Å²) in [5, 5.41) is 3.41. The van der Waals surface area contributed by atoms with Gasteiger partial charge in [-0.2, -0.15) is 0 Å². The minimum Gasteiger partial charge on any atom is -0.356 e. The van der Waals surface area contributed by atoms with Gasteiger partial charge in [0.15, 0.2) is 15.8 Å². The lowest BCUT2D eigenvalue weighted by Crippen LogP contribution is -2.42. The van der Waals surface area contributed by atoms with Crippen molar-refractivity contribution in [3.63, 3.8) is 0 Å². The van der Waals surface area contributed by atoms with Crippen LogP contribution in [0.2, 0.25) is 0 Å². The summed E-state index contributed by atoms with van der Waals surface area (Å²) in [5.41, 5.74) is 0. The summed E-state index contributed by atoms with van der Waals surface area (Å²) in [6.07, 6.45) is 3.23. The number of likely N-dealkylation sites (tertiary alicyclic amines) is 1. The summed E-state index contributed by atoms with van der Waals surface area (Å²) in [4.78, 5) is 6.98. The fourth-order valence-corrected chi connectivity index (χ4v) is 4.60. The Morgan fingerprint density at radius 1 is 1.33 bits per heavy atom. The first-order valence-electron chi connectivity index (χ1n) is 7.70. The predicted octanol–water partition coefficient (Wildman–Crippen LogP) is 1.74. The normalized spacial score (nSPS) is 25.2. The van der Waals surface area contributed by atoms with Crippen LogP contribution < -0.4 is 5.32 Å². The Balaban J connectivity index is 0.00000220. The molecule has 124 valence electrons. The summed E-state index contributed by atoms with van der Waals surface area (Å²) >= 11 is 0. The molecule has 1 unspecified atom stereocenters. The lowest BCUT2D eigenvalue weighted by atomic mass is 10.1. The molecular formula is C14H28IN3O2S. The largest absolute Gasteiger partial charge is 0.356 e. The van der Waals surface area contributed by atoms with Crippen LogP contribution in [0.1, 0.15) is 33.1 Å². The van der Waals surface area contributed by atoms with Crippen molar-refractivity contribution in [3.8, 4) is 0 Å². The van der Waals surface area contributed by atoms with Crippen LogP contribution >= 0.6 is 24.0 Å². The molecule has 0 aromatic rings. The lowest BCUT2D eigenvalue weighted by Gasteiger charge is -2.23. The number of nitrogens with one attached hydrogen (secondary N) is 1. The van der Waals surface area contributed by atoms with Crippen LogP contribution in [-0.4, -0.2) is 57.0 Å². The van der Waals surface area contributed by atoms with Gasteiger partial charge in [0.2, 0.25) is 0 Å². The average molecular weight is 429 g/mol. The number of rotatable bonds is 4. The van der Waals surface area contributed by atoms with Gasteiger partial charge in [-0.25, -0.2) is 8.42 Å². The molecule has 0 radical (unpaired) electrons. The second-order valence-corrected chi connectivity index (χ2v) is 8.63. The van der Waals surface area contributed by atoms with E-state index in [1.165, 1.54) is 12.8 Å². The van der Waals surface area contributed by atoms with Crippen molar-refractivity contribution in [2.45, 2.75) is 33.1 Å². The fourth-order valence-electron chi connectivity index (χ4n) is 2.73. The van der Waals surface area contributed by atoms with Crippen molar-refractivity contribution in [1.82, 2.24) is 10.2 Å². The molecule has 1 atom stereocenters. The van der Waals surface area contributed by atoms with Crippen LogP contribution in [0.5, 0.6) is 0 Å². The topological polar surface area (TPSA) is 61.8 Å². The first kappa shape index (κ1) is 19.0. The van der Waals surface area contributed by atoms with Gasteiger partial charge in [0.05, 0.1) is 11.5 Å². The number of hydrogen-bond acceptors (Lipinski definition) is 3. The molecule has 2 aliphatic rings. The number of sulfone groups is 1. The van der Waals surface area contributed by atoms with Crippen molar-refractivity contribution in [2.75, 3.05) is 37.7 Å². The SMILES string of the molecule is CC(C)CN=C(NCC1CCS(=O)(=O)C1)N1CCCC1.I. The second-order valence-electron chi connectivity index (χ2n) is 6.40. The van der Waals surface area contributed by atoms with E-state index in [4.69, 9.17) is 0 Å². The molecule has 0 aromatic carbocycles. The molecule has 0 aromatic heterocycles. The highest BCUT2D eigenvalue weighted by Crippen LogP contribution is 2.17. The van der Waals surface area contributed by atoms with Crippen molar-refractivity contribution in [2.24, 2.45) is 16.8 Å². The summed E-state index contributed by atoms with van der Waals surface area (Å²) in [7, 11) is -2.78. The molecule has 0 bridgehead atoms. The zero-order valence-electron chi connectivity index (χ0n) is 13.0. The summed E-state index contributed by atoms with van der Waals surface area (Å²) in [5.74, 6) is 2.44. The Labute approximate surface area is 145 Å². The standard InChI is InChI=1S/C14H27N3O2S.HI/c1-12(2)9-15-14(17-6-3-4-7-17)16-10-13-5-8-20(18,19)11-13;/h12-13H,3-11H2,1-2H3,(H,15,16);1H. The van der Waals surface area contributed by atoms with E-state index < -0.39 is 9.84 Å². The molecule has 0 saturated carbocycles. The van der Waals surface area contributed by atoms with Gasteiger partial charge >= 0.3 is 0 Å². The van der Waals surface area contributed by atoms with Gasteiger partial charge in [-0.15, -0.1) is 24.0 Å².